The van der Waals surface area contributed by atoms with E-state index < -0.39 is 0 Å². The third-order valence-electron chi connectivity index (χ3n) is 4.13. The maximum atomic E-state index is 12.5. The Morgan fingerprint density at radius 3 is 2.19 bits per heavy atom. The fraction of sp³-hybridized carbons (Fsp3) is 0.278. The van der Waals surface area contributed by atoms with Crippen molar-refractivity contribution in [2.45, 2.75) is 32.6 Å². The van der Waals surface area contributed by atoms with Crippen LogP contribution in [0, 0.1) is 0 Å². The number of hydrogen-bond acceptors (Lipinski definition) is 3. The summed E-state index contributed by atoms with van der Waals surface area (Å²) in [5.74, 6) is -0.0756. The molecular formula is C18H22N2O. The van der Waals surface area contributed by atoms with E-state index in [9.17, 15) is 4.79 Å². The van der Waals surface area contributed by atoms with Crippen LogP contribution in [-0.2, 0) is 5.41 Å². The quantitative estimate of drug-likeness (QED) is 0.662. The van der Waals surface area contributed by atoms with Crippen LogP contribution in [0.15, 0.2) is 42.5 Å². The summed E-state index contributed by atoms with van der Waals surface area (Å²) in [6.45, 7) is 6.55. The maximum Gasteiger partial charge on any atom is 0.195 e. The molecule has 0 aromatic heterocycles. The first-order valence-electron chi connectivity index (χ1n) is 7.15. The molecule has 0 aliphatic heterocycles. The minimum absolute atomic E-state index is 0.0756. The third-order valence-corrected chi connectivity index (χ3v) is 4.13. The Hall–Kier alpha value is -2.29. The Morgan fingerprint density at radius 1 is 1.05 bits per heavy atom. The summed E-state index contributed by atoms with van der Waals surface area (Å²) in [6.07, 6.45) is 1.05. The van der Waals surface area contributed by atoms with Gasteiger partial charge in [0.1, 0.15) is 0 Å². The number of hydrogen-bond donors (Lipinski definition) is 2. The SMILES string of the molecule is CCC(C)(C)c1ccc(C(=O)c2ccc(N)cc2N)cc1. The highest BCUT2D eigenvalue weighted by molar-refractivity contribution is 6.12. The monoisotopic (exact) mass is 282 g/mol. The highest BCUT2D eigenvalue weighted by Crippen LogP contribution is 2.27. The average Bonchev–Trinajstić information content (AvgIpc) is 2.47. The summed E-state index contributed by atoms with van der Waals surface area (Å²) < 4.78 is 0. The molecule has 4 N–H and O–H groups in total. The molecule has 0 amide bonds. The summed E-state index contributed by atoms with van der Waals surface area (Å²) in [4.78, 5) is 12.5. The molecule has 0 bridgehead atoms. The Bertz CT molecular complexity index is 657. The number of rotatable bonds is 4. The van der Waals surface area contributed by atoms with E-state index in [1.165, 1.54) is 5.56 Å². The smallest absolute Gasteiger partial charge is 0.195 e. The first kappa shape index (κ1) is 15.1. The summed E-state index contributed by atoms with van der Waals surface area (Å²) in [7, 11) is 0. The predicted octanol–water partition coefficient (Wildman–Crippen LogP) is 3.77. The Balaban J connectivity index is 2.32. The van der Waals surface area contributed by atoms with Crippen molar-refractivity contribution in [1.29, 1.82) is 0 Å². The molecule has 0 spiro atoms. The molecule has 0 aliphatic carbocycles. The minimum Gasteiger partial charge on any atom is -0.399 e. The van der Waals surface area contributed by atoms with Gasteiger partial charge in [0, 0.05) is 22.5 Å². The minimum atomic E-state index is -0.0756. The van der Waals surface area contributed by atoms with Gasteiger partial charge < -0.3 is 11.5 Å². The predicted molar refractivity (Wildman–Crippen MR) is 88.5 cm³/mol. The van der Waals surface area contributed by atoms with Crippen LogP contribution in [-0.4, -0.2) is 5.78 Å². The molecule has 0 unspecified atom stereocenters. The number of ketones is 1. The first-order valence-corrected chi connectivity index (χ1v) is 7.15. The zero-order valence-electron chi connectivity index (χ0n) is 12.8. The van der Waals surface area contributed by atoms with E-state index in [4.69, 9.17) is 11.5 Å². The Kier molecular flexibility index (Phi) is 4.03. The zero-order valence-corrected chi connectivity index (χ0v) is 12.8. The van der Waals surface area contributed by atoms with Crippen molar-refractivity contribution in [3.05, 3.63) is 59.2 Å². The molecule has 0 fully saturated rings. The molecule has 0 heterocycles. The van der Waals surface area contributed by atoms with E-state index in [0.717, 1.165) is 6.42 Å². The van der Waals surface area contributed by atoms with Crippen molar-refractivity contribution in [3.63, 3.8) is 0 Å². The van der Waals surface area contributed by atoms with Crippen LogP contribution < -0.4 is 11.5 Å². The van der Waals surface area contributed by atoms with Gasteiger partial charge in [0.25, 0.3) is 0 Å². The number of nitrogen functional groups attached to an aromatic ring is 2. The van der Waals surface area contributed by atoms with Crippen LogP contribution in [0.3, 0.4) is 0 Å². The molecule has 2 rings (SSSR count). The summed E-state index contributed by atoms with van der Waals surface area (Å²) >= 11 is 0. The van der Waals surface area contributed by atoms with E-state index in [1.54, 1.807) is 18.2 Å². The summed E-state index contributed by atoms with van der Waals surface area (Å²) in [6, 6.07) is 12.8. The third kappa shape index (κ3) is 3.07. The van der Waals surface area contributed by atoms with Crippen LogP contribution in [0.2, 0.25) is 0 Å². The molecule has 2 aromatic rings. The Morgan fingerprint density at radius 2 is 1.67 bits per heavy atom. The van der Waals surface area contributed by atoms with Gasteiger partial charge in [-0.15, -0.1) is 0 Å². The van der Waals surface area contributed by atoms with Gasteiger partial charge in [0.05, 0.1) is 0 Å². The van der Waals surface area contributed by atoms with E-state index in [2.05, 4.69) is 20.8 Å². The van der Waals surface area contributed by atoms with E-state index in [0.29, 0.717) is 22.5 Å². The normalized spacial score (nSPS) is 11.4. The molecule has 3 nitrogen and oxygen atoms in total. The molecule has 0 saturated heterocycles. The highest BCUT2D eigenvalue weighted by atomic mass is 16.1. The van der Waals surface area contributed by atoms with Gasteiger partial charge >= 0.3 is 0 Å². The lowest BCUT2D eigenvalue weighted by atomic mass is 9.82. The number of anilines is 2. The zero-order chi connectivity index (χ0) is 15.6. The summed E-state index contributed by atoms with van der Waals surface area (Å²) in [5.41, 5.74) is 15.0. The van der Waals surface area contributed by atoms with Crippen LogP contribution in [0.5, 0.6) is 0 Å². The van der Waals surface area contributed by atoms with E-state index in [-0.39, 0.29) is 11.2 Å². The van der Waals surface area contributed by atoms with Gasteiger partial charge in [-0.25, -0.2) is 0 Å². The molecule has 0 atom stereocenters. The molecule has 110 valence electrons. The number of nitrogens with two attached hydrogens (primary N) is 2. The van der Waals surface area contributed by atoms with Gasteiger partial charge in [0.2, 0.25) is 0 Å². The van der Waals surface area contributed by atoms with Gasteiger partial charge in [-0.05, 0) is 35.6 Å². The molecule has 2 aromatic carbocycles. The second-order valence-electron chi connectivity index (χ2n) is 5.99. The van der Waals surface area contributed by atoms with Crippen molar-refractivity contribution >= 4 is 17.2 Å². The lowest BCUT2D eigenvalue weighted by Crippen LogP contribution is -2.15. The number of carbonyl (C=O) groups is 1. The van der Waals surface area contributed by atoms with Crippen LogP contribution in [0.1, 0.15) is 48.7 Å². The molecule has 0 radical (unpaired) electrons. The van der Waals surface area contributed by atoms with Crippen LogP contribution >= 0.6 is 0 Å². The second kappa shape index (κ2) is 5.60. The summed E-state index contributed by atoms with van der Waals surface area (Å²) in [5, 5.41) is 0. The molecule has 21 heavy (non-hydrogen) atoms. The number of benzene rings is 2. The second-order valence-corrected chi connectivity index (χ2v) is 5.99. The van der Waals surface area contributed by atoms with Gasteiger partial charge in [-0.3, -0.25) is 4.79 Å². The topological polar surface area (TPSA) is 69.1 Å². The van der Waals surface area contributed by atoms with Crippen molar-refractivity contribution in [1.82, 2.24) is 0 Å². The van der Waals surface area contributed by atoms with Gasteiger partial charge in [-0.1, -0.05) is 45.0 Å². The standard InChI is InChI=1S/C18H22N2O/c1-4-18(2,3)13-7-5-12(6-8-13)17(21)15-10-9-14(19)11-16(15)20/h5-11H,4,19-20H2,1-3H3. The lowest BCUT2D eigenvalue weighted by Gasteiger charge is -2.23. The highest BCUT2D eigenvalue weighted by Gasteiger charge is 2.19. The first-order chi connectivity index (χ1) is 9.85. The van der Waals surface area contributed by atoms with Crippen molar-refractivity contribution in [2.24, 2.45) is 0 Å². The molecule has 3 heteroatoms. The Labute approximate surface area is 126 Å². The molecule has 0 aliphatic rings. The van der Waals surface area contributed by atoms with Crippen molar-refractivity contribution in [2.75, 3.05) is 11.5 Å². The van der Waals surface area contributed by atoms with Crippen molar-refractivity contribution < 1.29 is 4.79 Å². The maximum absolute atomic E-state index is 12.5. The van der Waals surface area contributed by atoms with Crippen LogP contribution in [0.25, 0.3) is 0 Å². The number of carbonyl (C=O) groups excluding carboxylic acids is 1. The fourth-order valence-electron chi connectivity index (χ4n) is 2.22. The molecular weight excluding hydrogens is 260 g/mol. The van der Waals surface area contributed by atoms with Gasteiger partial charge in [0.15, 0.2) is 5.78 Å². The lowest BCUT2D eigenvalue weighted by molar-refractivity contribution is 0.103. The fourth-order valence-corrected chi connectivity index (χ4v) is 2.22. The average molecular weight is 282 g/mol. The van der Waals surface area contributed by atoms with Gasteiger partial charge in [-0.2, -0.15) is 0 Å². The van der Waals surface area contributed by atoms with Crippen molar-refractivity contribution in [3.8, 4) is 0 Å². The molecule has 0 saturated carbocycles. The van der Waals surface area contributed by atoms with Crippen LogP contribution in [0.4, 0.5) is 11.4 Å². The van der Waals surface area contributed by atoms with E-state index >= 15 is 0 Å². The largest absolute Gasteiger partial charge is 0.399 e. The van der Waals surface area contributed by atoms with E-state index in [1.807, 2.05) is 24.3 Å².